The van der Waals surface area contributed by atoms with Gasteiger partial charge in [0.25, 0.3) is 11.5 Å². The number of hydrogen-bond donors (Lipinski definition) is 6. The monoisotopic (exact) mass is 639 g/mol. The number of para-hydroxylation sites is 1. The molecular weight excluding hydrogens is 603 g/mol. The van der Waals surface area contributed by atoms with Crippen LogP contribution in [0.25, 0.3) is 0 Å². The van der Waals surface area contributed by atoms with Crippen molar-refractivity contribution in [2.45, 2.75) is 58.3 Å². The van der Waals surface area contributed by atoms with Crippen LogP contribution in [0.1, 0.15) is 49.9 Å². The summed E-state index contributed by atoms with van der Waals surface area (Å²) in [6.45, 7) is 4.39. The van der Waals surface area contributed by atoms with Crippen molar-refractivity contribution in [2.24, 2.45) is 5.92 Å². The Morgan fingerprint density at radius 3 is 2.20 bits per heavy atom. The molecule has 2 rings (SSSR count). The number of nitrogens with zero attached hydrogens (tertiary/aromatic N) is 1. The van der Waals surface area contributed by atoms with Gasteiger partial charge >= 0.3 is 18.1 Å². The number of alkyl halides is 3. The van der Waals surface area contributed by atoms with Crippen molar-refractivity contribution in [3.63, 3.8) is 0 Å². The summed E-state index contributed by atoms with van der Waals surface area (Å²) in [5, 5.41) is 23.9. The first-order valence-corrected chi connectivity index (χ1v) is 13.7. The zero-order valence-corrected chi connectivity index (χ0v) is 24.6. The second-order valence-corrected chi connectivity index (χ2v) is 9.56. The van der Waals surface area contributed by atoms with E-state index in [9.17, 15) is 37.1 Å². The van der Waals surface area contributed by atoms with Crippen molar-refractivity contribution in [1.29, 1.82) is 0 Å². The van der Waals surface area contributed by atoms with Gasteiger partial charge in [-0.3, -0.25) is 19.2 Å². The van der Waals surface area contributed by atoms with E-state index in [0.29, 0.717) is 12.5 Å². The average molecular weight is 640 g/mol. The lowest BCUT2D eigenvalue weighted by atomic mass is 10.0. The van der Waals surface area contributed by atoms with Crippen molar-refractivity contribution < 1.29 is 47.4 Å². The minimum atomic E-state index is -5.08. The Bertz CT molecular complexity index is 1420. The third-order valence-electron chi connectivity index (χ3n) is 6.29. The topological polar surface area (TPSA) is 210 Å². The third-order valence-corrected chi connectivity index (χ3v) is 6.29. The van der Waals surface area contributed by atoms with E-state index in [1.54, 1.807) is 18.2 Å². The maximum absolute atomic E-state index is 13.1. The van der Waals surface area contributed by atoms with Gasteiger partial charge < -0.3 is 36.5 Å². The quantitative estimate of drug-likeness (QED) is 0.132. The van der Waals surface area contributed by atoms with E-state index in [4.69, 9.17) is 20.7 Å². The molecule has 7 N–H and O–H groups in total. The molecule has 1 unspecified atom stereocenters. The van der Waals surface area contributed by atoms with E-state index in [-0.39, 0.29) is 42.2 Å². The molecule has 1 aromatic carbocycles. The van der Waals surface area contributed by atoms with E-state index < -0.39 is 41.5 Å². The van der Waals surface area contributed by atoms with Crippen LogP contribution in [0.3, 0.4) is 0 Å². The number of aromatic nitrogens is 1. The molecule has 1 heterocycles. The van der Waals surface area contributed by atoms with Crippen LogP contribution in [-0.2, 0) is 25.7 Å². The number of pyridine rings is 1. The predicted molar refractivity (Wildman–Crippen MR) is 158 cm³/mol. The first kappa shape index (κ1) is 37.9. The molecule has 0 aliphatic carbocycles. The summed E-state index contributed by atoms with van der Waals surface area (Å²) in [5.74, 6) is -5.13. The van der Waals surface area contributed by atoms with E-state index in [0.717, 1.165) is 18.9 Å². The number of carbonyl (C=O) groups excluding carboxylic acids is 3. The number of nitrogens with one attached hydrogen (secondary N) is 3. The van der Waals surface area contributed by atoms with Crippen LogP contribution in [0, 0.1) is 5.92 Å². The molecule has 0 fully saturated rings. The number of hydrogen-bond acceptors (Lipinski definition) is 7. The Hall–Kier alpha value is -5.15. The zero-order chi connectivity index (χ0) is 34.2. The fourth-order valence-corrected chi connectivity index (χ4v) is 3.68. The predicted octanol–water partition coefficient (Wildman–Crippen LogP) is 2.77. The maximum Gasteiger partial charge on any atom is 0.490 e. The number of benzene rings is 1. The molecule has 0 aliphatic rings. The number of rotatable bonds is 14. The number of carboxylic acid groups (broad SMARTS) is 2. The minimum Gasteiger partial charge on any atom is -0.478 e. The fraction of sp³-hybridized carbons (Fsp3) is 0.379. The lowest BCUT2D eigenvalue weighted by molar-refractivity contribution is -0.192. The van der Waals surface area contributed by atoms with Gasteiger partial charge in [-0.15, -0.1) is 0 Å². The summed E-state index contributed by atoms with van der Waals surface area (Å²) >= 11 is 0. The first-order chi connectivity index (χ1) is 21.1. The van der Waals surface area contributed by atoms with Gasteiger partial charge in [-0.1, -0.05) is 44.9 Å². The molecule has 246 valence electrons. The van der Waals surface area contributed by atoms with Crippen molar-refractivity contribution in [3.8, 4) is 0 Å². The second kappa shape index (κ2) is 18.5. The molecule has 13 nitrogen and oxygen atoms in total. The number of carbonyl (C=O) groups is 5. The Kier molecular flexibility index (Phi) is 15.6. The molecule has 0 radical (unpaired) electrons. The molecule has 45 heavy (non-hydrogen) atoms. The van der Waals surface area contributed by atoms with E-state index in [1.165, 1.54) is 35.0 Å². The first-order valence-electron chi connectivity index (χ1n) is 13.7. The summed E-state index contributed by atoms with van der Waals surface area (Å²) in [6, 6.07) is 8.18. The Balaban J connectivity index is 0.00000129. The lowest BCUT2D eigenvalue weighted by Gasteiger charge is -2.19. The Labute approximate surface area is 256 Å². The molecule has 2 aromatic rings. The van der Waals surface area contributed by atoms with Crippen molar-refractivity contribution in [3.05, 3.63) is 70.7 Å². The molecule has 0 bridgehead atoms. The smallest absolute Gasteiger partial charge is 0.478 e. The SMILES string of the molecule is CCC(CC)CNC(=O)Cn1cccc(NC(=O)C(CCC=CC(=O)O)NC(=O)c2ccccc2N)c1=O.O=C(O)C(F)(F)F. The van der Waals surface area contributed by atoms with Crippen LogP contribution in [0.2, 0.25) is 0 Å². The lowest BCUT2D eigenvalue weighted by Crippen LogP contribution is -2.45. The number of anilines is 2. The van der Waals surface area contributed by atoms with E-state index in [2.05, 4.69) is 16.0 Å². The van der Waals surface area contributed by atoms with Crippen LogP contribution in [0.5, 0.6) is 0 Å². The van der Waals surface area contributed by atoms with Crippen LogP contribution in [0.15, 0.2) is 59.5 Å². The van der Waals surface area contributed by atoms with Crippen LogP contribution in [-0.4, -0.2) is 63.2 Å². The summed E-state index contributed by atoms with van der Waals surface area (Å²) < 4.78 is 32.9. The molecule has 1 atom stereocenters. The number of carboxylic acids is 2. The van der Waals surface area contributed by atoms with Crippen molar-refractivity contribution in [2.75, 3.05) is 17.6 Å². The molecule has 0 spiro atoms. The highest BCUT2D eigenvalue weighted by Crippen LogP contribution is 2.14. The van der Waals surface area contributed by atoms with E-state index in [1.807, 2.05) is 13.8 Å². The zero-order valence-electron chi connectivity index (χ0n) is 24.6. The summed E-state index contributed by atoms with van der Waals surface area (Å²) in [4.78, 5) is 70.8. The van der Waals surface area contributed by atoms with Gasteiger partial charge in [0.2, 0.25) is 11.8 Å². The van der Waals surface area contributed by atoms with Crippen LogP contribution >= 0.6 is 0 Å². The van der Waals surface area contributed by atoms with Gasteiger partial charge in [0.05, 0.1) is 5.56 Å². The fourth-order valence-electron chi connectivity index (χ4n) is 3.68. The van der Waals surface area contributed by atoms with Crippen molar-refractivity contribution >= 4 is 41.0 Å². The number of amides is 3. The minimum absolute atomic E-state index is 0.0630. The van der Waals surface area contributed by atoms with Crippen LogP contribution in [0.4, 0.5) is 24.5 Å². The Morgan fingerprint density at radius 1 is 1.02 bits per heavy atom. The maximum atomic E-state index is 13.1. The van der Waals surface area contributed by atoms with Gasteiger partial charge in [0.15, 0.2) is 0 Å². The normalized spacial score (nSPS) is 11.7. The Morgan fingerprint density at radius 2 is 1.64 bits per heavy atom. The summed E-state index contributed by atoms with van der Waals surface area (Å²) in [7, 11) is 0. The van der Waals surface area contributed by atoms with Crippen LogP contribution < -0.4 is 27.2 Å². The molecule has 1 aromatic heterocycles. The highest BCUT2D eigenvalue weighted by Gasteiger charge is 2.38. The molecule has 0 saturated heterocycles. The average Bonchev–Trinajstić information content (AvgIpc) is 2.97. The van der Waals surface area contributed by atoms with E-state index >= 15 is 0 Å². The van der Waals surface area contributed by atoms with Crippen molar-refractivity contribution in [1.82, 2.24) is 15.2 Å². The third kappa shape index (κ3) is 13.8. The molecule has 16 heteroatoms. The number of halogens is 3. The van der Waals surface area contributed by atoms with Gasteiger partial charge in [0.1, 0.15) is 18.3 Å². The highest BCUT2D eigenvalue weighted by atomic mass is 19.4. The number of nitrogens with two attached hydrogens (primary N) is 1. The standard InChI is InChI=1S/C27H35N5O6.C2HF3O2/c1-3-18(4-2)16-29-23(33)17-32-15-9-13-22(27(32)38)31-26(37)21(12-7-8-14-24(34)35)30-25(36)19-10-5-6-11-20(19)28;3-2(4,5)1(6)7/h5-6,8-11,13-15,18,21H,3-4,7,12,16-17,28H2,1-2H3,(H,29,33)(H,30,36)(H,31,37)(H,34,35);(H,6,7). The molecule has 0 aliphatic heterocycles. The van der Waals surface area contributed by atoms with Gasteiger partial charge in [-0.05, 0) is 43.0 Å². The molecular formula is C29H36F3N5O8. The number of aliphatic carboxylic acids is 2. The molecule has 3 amide bonds. The van der Waals surface area contributed by atoms with Gasteiger partial charge in [-0.2, -0.15) is 13.2 Å². The highest BCUT2D eigenvalue weighted by molar-refractivity contribution is 6.03. The van der Waals surface area contributed by atoms with Gasteiger partial charge in [-0.25, -0.2) is 9.59 Å². The number of allylic oxidation sites excluding steroid dienone is 1. The second-order valence-electron chi connectivity index (χ2n) is 9.56. The summed E-state index contributed by atoms with van der Waals surface area (Å²) in [6.07, 6.45) is 0.760. The molecule has 0 saturated carbocycles. The largest absolute Gasteiger partial charge is 0.490 e. The summed E-state index contributed by atoms with van der Waals surface area (Å²) in [5.41, 5.74) is 5.62. The van der Waals surface area contributed by atoms with Gasteiger partial charge in [0, 0.05) is 24.5 Å². The number of nitrogen functional groups attached to an aromatic ring is 1.